The van der Waals surface area contributed by atoms with Crippen LogP contribution in [0, 0.1) is 11.8 Å². The van der Waals surface area contributed by atoms with Crippen LogP contribution in [0.1, 0.15) is 66.2 Å². The first-order valence-corrected chi connectivity index (χ1v) is 7.92. The normalized spacial score (nSPS) is 14.4. The molecule has 0 saturated carbocycles. The summed E-state index contributed by atoms with van der Waals surface area (Å²) in [5.74, 6) is 1.06. The molecular formula is C18H32O2. The Hall–Kier alpha value is -1.05. The number of allylic oxidation sites excluding steroid dienone is 2. The van der Waals surface area contributed by atoms with E-state index in [1.54, 1.807) is 6.08 Å². The predicted octanol–water partition coefficient (Wildman–Crippen LogP) is 5.29. The number of rotatable bonds is 11. The van der Waals surface area contributed by atoms with Crippen LogP contribution in [-0.4, -0.2) is 12.1 Å². The maximum absolute atomic E-state index is 11.9. The summed E-state index contributed by atoms with van der Waals surface area (Å²) in [6, 6.07) is 0. The smallest absolute Gasteiger partial charge is 0.306 e. The van der Waals surface area contributed by atoms with E-state index in [4.69, 9.17) is 4.74 Å². The van der Waals surface area contributed by atoms with E-state index in [0.29, 0.717) is 12.3 Å². The van der Waals surface area contributed by atoms with E-state index in [0.717, 1.165) is 25.2 Å². The second-order valence-corrected chi connectivity index (χ2v) is 6.04. The molecule has 0 aromatic carbocycles. The van der Waals surface area contributed by atoms with Gasteiger partial charge in [-0.25, -0.2) is 0 Å². The zero-order valence-corrected chi connectivity index (χ0v) is 13.7. The van der Waals surface area contributed by atoms with Crippen LogP contribution >= 0.6 is 0 Å². The quantitative estimate of drug-likeness (QED) is 0.379. The van der Waals surface area contributed by atoms with Gasteiger partial charge < -0.3 is 4.74 Å². The fourth-order valence-corrected chi connectivity index (χ4v) is 2.13. The molecule has 116 valence electrons. The number of carbonyl (C=O) groups excluding carboxylic acids is 1. The van der Waals surface area contributed by atoms with Crippen molar-refractivity contribution >= 4 is 5.97 Å². The Morgan fingerprint density at radius 2 is 1.90 bits per heavy atom. The van der Waals surface area contributed by atoms with Crippen LogP contribution in [0.3, 0.4) is 0 Å². The molecule has 2 nitrogen and oxygen atoms in total. The van der Waals surface area contributed by atoms with Gasteiger partial charge >= 0.3 is 5.97 Å². The van der Waals surface area contributed by atoms with E-state index < -0.39 is 0 Å². The molecule has 20 heavy (non-hydrogen) atoms. The van der Waals surface area contributed by atoms with E-state index in [1.807, 2.05) is 13.0 Å². The average molecular weight is 280 g/mol. The Bertz CT molecular complexity index is 292. The zero-order valence-electron chi connectivity index (χ0n) is 13.7. The van der Waals surface area contributed by atoms with Gasteiger partial charge in [0.1, 0.15) is 6.10 Å². The van der Waals surface area contributed by atoms with Gasteiger partial charge in [0.15, 0.2) is 0 Å². The summed E-state index contributed by atoms with van der Waals surface area (Å²) in [5.41, 5.74) is 0. The van der Waals surface area contributed by atoms with E-state index >= 15 is 0 Å². The van der Waals surface area contributed by atoms with Crippen molar-refractivity contribution in [3.8, 4) is 0 Å². The van der Waals surface area contributed by atoms with Gasteiger partial charge in [-0.15, -0.1) is 0 Å². The highest BCUT2D eigenvalue weighted by Gasteiger charge is 2.14. The lowest BCUT2D eigenvalue weighted by Gasteiger charge is -2.16. The summed E-state index contributed by atoms with van der Waals surface area (Å²) in [5, 5.41) is 0. The molecule has 0 heterocycles. The highest BCUT2D eigenvalue weighted by Crippen LogP contribution is 2.16. The molecule has 0 fully saturated rings. The van der Waals surface area contributed by atoms with Crippen molar-refractivity contribution in [1.29, 1.82) is 0 Å². The summed E-state index contributed by atoms with van der Waals surface area (Å²) in [7, 11) is 0. The number of hydrogen-bond donors (Lipinski definition) is 0. The van der Waals surface area contributed by atoms with Crippen LogP contribution < -0.4 is 0 Å². The lowest BCUT2D eigenvalue weighted by molar-refractivity contribution is -0.148. The summed E-state index contributed by atoms with van der Waals surface area (Å²) < 4.78 is 5.45. The van der Waals surface area contributed by atoms with Gasteiger partial charge in [0, 0.05) is 6.42 Å². The minimum atomic E-state index is -0.151. The third-order valence-corrected chi connectivity index (χ3v) is 3.39. The van der Waals surface area contributed by atoms with E-state index in [-0.39, 0.29) is 12.1 Å². The standard InChI is InChI=1S/C18H32O2/c1-6-8-9-13-17(7-2)20-18(19)14-16(5)12-10-11-15(3)4/h6-8,15-17H,2,9-14H2,1,3-5H3. The minimum absolute atomic E-state index is 0.0903. The highest BCUT2D eigenvalue weighted by molar-refractivity contribution is 5.70. The molecule has 2 atom stereocenters. The third-order valence-electron chi connectivity index (χ3n) is 3.39. The summed E-state index contributed by atoms with van der Waals surface area (Å²) in [4.78, 5) is 11.9. The lowest BCUT2D eigenvalue weighted by atomic mass is 9.97. The Kier molecular flexibility index (Phi) is 11.1. The average Bonchev–Trinajstić information content (AvgIpc) is 2.37. The van der Waals surface area contributed by atoms with Crippen LogP contribution in [0.2, 0.25) is 0 Å². The Balaban J connectivity index is 3.90. The van der Waals surface area contributed by atoms with E-state index in [9.17, 15) is 4.79 Å². The molecule has 0 spiro atoms. The second kappa shape index (κ2) is 11.7. The first kappa shape index (κ1) is 18.9. The molecule has 0 aliphatic rings. The van der Waals surface area contributed by atoms with Gasteiger partial charge in [0.2, 0.25) is 0 Å². The maximum Gasteiger partial charge on any atom is 0.306 e. The van der Waals surface area contributed by atoms with Gasteiger partial charge in [0.25, 0.3) is 0 Å². The molecular weight excluding hydrogens is 248 g/mol. The molecule has 0 amide bonds. The van der Waals surface area contributed by atoms with Gasteiger partial charge in [-0.05, 0) is 31.6 Å². The maximum atomic E-state index is 11.9. The first-order valence-electron chi connectivity index (χ1n) is 7.92. The summed E-state index contributed by atoms with van der Waals surface area (Å²) in [6.45, 7) is 12.3. The topological polar surface area (TPSA) is 26.3 Å². The number of esters is 1. The Labute approximate surface area is 125 Å². The Morgan fingerprint density at radius 1 is 1.20 bits per heavy atom. The molecule has 0 bridgehead atoms. The SMILES string of the molecule is C=CC(CCC=CC)OC(=O)CC(C)CCCC(C)C. The van der Waals surface area contributed by atoms with Gasteiger partial charge in [-0.1, -0.05) is 64.8 Å². The van der Waals surface area contributed by atoms with Crippen molar-refractivity contribution in [2.45, 2.75) is 72.3 Å². The van der Waals surface area contributed by atoms with Gasteiger partial charge in [0.05, 0.1) is 0 Å². The largest absolute Gasteiger partial charge is 0.458 e. The van der Waals surface area contributed by atoms with Crippen LogP contribution in [0.5, 0.6) is 0 Å². The Morgan fingerprint density at radius 3 is 2.45 bits per heavy atom. The minimum Gasteiger partial charge on any atom is -0.458 e. The van der Waals surface area contributed by atoms with Gasteiger partial charge in [-0.2, -0.15) is 0 Å². The molecule has 0 aromatic rings. The second-order valence-electron chi connectivity index (χ2n) is 6.04. The van der Waals surface area contributed by atoms with E-state index in [1.165, 1.54) is 12.8 Å². The zero-order chi connectivity index (χ0) is 15.4. The molecule has 2 unspecified atom stereocenters. The van der Waals surface area contributed by atoms with Crippen LogP contribution in [0.4, 0.5) is 0 Å². The number of hydrogen-bond acceptors (Lipinski definition) is 2. The molecule has 0 rings (SSSR count). The highest BCUT2D eigenvalue weighted by atomic mass is 16.5. The van der Waals surface area contributed by atoms with Crippen molar-refractivity contribution in [2.75, 3.05) is 0 Å². The van der Waals surface area contributed by atoms with Crippen molar-refractivity contribution in [3.05, 3.63) is 24.8 Å². The predicted molar refractivity (Wildman–Crippen MR) is 86.6 cm³/mol. The van der Waals surface area contributed by atoms with Gasteiger partial charge in [-0.3, -0.25) is 4.79 Å². The molecule has 0 aliphatic heterocycles. The molecule has 0 radical (unpaired) electrons. The van der Waals surface area contributed by atoms with Crippen molar-refractivity contribution < 1.29 is 9.53 Å². The molecule has 0 saturated heterocycles. The lowest BCUT2D eigenvalue weighted by Crippen LogP contribution is -2.17. The molecule has 0 aliphatic carbocycles. The number of ether oxygens (including phenoxy) is 1. The monoisotopic (exact) mass is 280 g/mol. The third kappa shape index (κ3) is 10.8. The molecule has 0 aromatic heterocycles. The fraction of sp³-hybridized carbons (Fsp3) is 0.722. The molecule has 0 N–H and O–H groups in total. The molecule has 2 heteroatoms. The van der Waals surface area contributed by atoms with Crippen LogP contribution in [-0.2, 0) is 9.53 Å². The van der Waals surface area contributed by atoms with E-state index in [2.05, 4.69) is 33.4 Å². The number of carbonyl (C=O) groups is 1. The fourth-order valence-electron chi connectivity index (χ4n) is 2.13. The van der Waals surface area contributed by atoms with Crippen molar-refractivity contribution in [2.24, 2.45) is 11.8 Å². The van der Waals surface area contributed by atoms with Crippen molar-refractivity contribution in [3.63, 3.8) is 0 Å². The first-order chi connectivity index (χ1) is 9.49. The summed E-state index contributed by atoms with van der Waals surface area (Å²) >= 11 is 0. The summed E-state index contributed by atoms with van der Waals surface area (Å²) in [6.07, 6.45) is 11.5. The van der Waals surface area contributed by atoms with Crippen LogP contribution in [0.15, 0.2) is 24.8 Å². The van der Waals surface area contributed by atoms with Crippen LogP contribution in [0.25, 0.3) is 0 Å². The van der Waals surface area contributed by atoms with Crippen molar-refractivity contribution in [1.82, 2.24) is 0 Å².